The molecule has 0 radical (unpaired) electrons. The van der Waals surface area contributed by atoms with E-state index in [9.17, 15) is 4.79 Å². The van der Waals surface area contributed by atoms with Crippen molar-refractivity contribution in [2.24, 2.45) is 11.3 Å². The molecule has 2 fully saturated rings. The van der Waals surface area contributed by atoms with Gasteiger partial charge in [0.15, 0.2) is 0 Å². The van der Waals surface area contributed by atoms with Gasteiger partial charge >= 0.3 is 6.03 Å². The summed E-state index contributed by atoms with van der Waals surface area (Å²) in [7, 11) is 1.75. The smallest absolute Gasteiger partial charge is 0.315 e. The van der Waals surface area contributed by atoms with Gasteiger partial charge < -0.3 is 15.4 Å². The molecule has 5 heteroatoms. The fourth-order valence-electron chi connectivity index (χ4n) is 3.63. The van der Waals surface area contributed by atoms with Crippen LogP contribution in [0.1, 0.15) is 33.6 Å². The predicted molar refractivity (Wildman–Crippen MR) is 79.5 cm³/mol. The molecule has 0 aromatic heterocycles. The van der Waals surface area contributed by atoms with Gasteiger partial charge in [-0.15, -0.1) is 0 Å². The van der Waals surface area contributed by atoms with E-state index in [0.717, 1.165) is 24.3 Å². The summed E-state index contributed by atoms with van der Waals surface area (Å²) in [5.74, 6) is 2.68. The molecule has 1 aliphatic heterocycles. The molecule has 1 saturated carbocycles. The second-order valence-electron chi connectivity index (χ2n) is 6.32. The van der Waals surface area contributed by atoms with Crippen LogP contribution >= 0.6 is 11.8 Å². The van der Waals surface area contributed by atoms with E-state index in [1.165, 1.54) is 0 Å². The molecule has 2 amide bonds. The van der Waals surface area contributed by atoms with Crippen molar-refractivity contribution in [3.05, 3.63) is 0 Å². The molecule has 0 aromatic rings. The maximum atomic E-state index is 12.1. The lowest BCUT2D eigenvalue weighted by atomic mass is 9.58. The monoisotopic (exact) mass is 286 g/mol. The Morgan fingerprint density at radius 2 is 1.89 bits per heavy atom. The van der Waals surface area contributed by atoms with Crippen molar-refractivity contribution in [1.29, 1.82) is 0 Å². The van der Waals surface area contributed by atoms with Crippen molar-refractivity contribution in [2.45, 2.75) is 51.8 Å². The minimum Gasteiger partial charge on any atom is -0.380 e. The van der Waals surface area contributed by atoms with Crippen LogP contribution in [0.15, 0.2) is 0 Å². The summed E-state index contributed by atoms with van der Waals surface area (Å²) in [5.41, 5.74) is 0.00786. The first kappa shape index (κ1) is 15.0. The van der Waals surface area contributed by atoms with E-state index in [1.54, 1.807) is 7.11 Å². The molecule has 2 aliphatic rings. The van der Waals surface area contributed by atoms with Gasteiger partial charge in [0.05, 0.1) is 6.10 Å². The number of amides is 2. The van der Waals surface area contributed by atoms with Crippen molar-refractivity contribution in [3.8, 4) is 0 Å². The van der Waals surface area contributed by atoms with Gasteiger partial charge in [0.2, 0.25) is 0 Å². The highest BCUT2D eigenvalue weighted by Gasteiger charge is 2.55. The zero-order valence-corrected chi connectivity index (χ0v) is 13.2. The second kappa shape index (κ2) is 5.92. The molecular formula is C14H26N2O2S. The molecule has 0 bridgehead atoms. The summed E-state index contributed by atoms with van der Waals surface area (Å²) in [5, 5.41) is 6.24. The van der Waals surface area contributed by atoms with Gasteiger partial charge in [-0.25, -0.2) is 4.79 Å². The Bertz CT molecular complexity index is 329. The van der Waals surface area contributed by atoms with Crippen LogP contribution < -0.4 is 10.6 Å². The van der Waals surface area contributed by atoms with Crippen molar-refractivity contribution in [1.82, 2.24) is 10.6 Å². The molecule has 19 heavy (non-hydrogen) atoms. The lowest BCUT2D eigenvalue weighted by Gasteiger charge is -2.56. The van der Waals surface area contributed by atoms with E-state index in [1.807, 2.05) is 11.8 Å². The van der Waals surface area contributed by atoms with Crippen LogP contribution in [0.4, 0.5) is 4.79 Å². The zero-order chi connectivity index (χ0) is 14.0. The molecule has 0 spiro atoms. The van der Waals surface area contributed by atoms with Crippen molar-refractivity contribution in [2.75, 3.05) is 18.6 Å². The van der Waals surface area contributed by atoms with Gasteiger partial charge in [0, 0.05) is 30.5 Å². The molecule has 0 aromatic carbocycles. The Hall–Kier alpha value is -0.420. The second-order valence-corrected chi connectivity index (χ2v) is 7.54. The number of ether oxygens (including phenoxy) is 1. The first-order chi connectivity index (χ1) is 8.96. The fraction of sp³-hybridized carbons (Fsp3) is 0.929. The SMILES string of the molecule is CO[C@@H]1[C@@H](C)[C@H](NC(=O)NC2CCSCC2)C1(C)C. The standard InChI is InChI=1S/C14H26N2O2S/c1-9-11(14(2,3)12(9)18-4)16-13(17)15-10-5-7-19-8-6-10/h9-12H,5-8H2,1-4H3,(H2,15,16,17)/t9-,11-,12+/m0/s1. The van der Waals surface area contributed by atoms with Crippen LogP contribution in [-0.2, 0) is 4.74 Å². The molecule has 1 heterocycles. The van der Waals surface area contributed by atoms with Crippen LogP contribution in [-0.4, -0.2) is 42.8 Å². The highest BCUT2D eigenvalue weighted by Crippen LogP contribution is 2.46. The molecule has 4 nitrogen and oxygen atoms in total. The van der Waals surface area contributed by atoms with Crippen LogP contribution in [0.5, 0.6) is 0 Å². The maximum absolute atomic E-state index is 12.1. The van der Waals surface area contributed by atoms with E-state index in [2.05, 4.69) is 31.4 Å². The Morgan fingerprint density at radius 3 is 2.42 bits per heavy atom. The number of carbonyl (C=O) groups is 1. The van der Waals surface area contributed by atoms with Crippen molar-refractivity contribution >= 4 is 17.8 Å². The zero-order valence-electron chi connectivity index (χ0n) is 12.4. The summed E-state index contributed by atoms with van der Waals surface area (Å²) < 4.78 is 5.50. The number of carbonyl (C=O) groups excluding carboxylic acids is 1. The number of hydrogen-bond acceptors (Lipinski definition) is 3. The number of methoxy groups -OCH3 is 1. The molecule has 1 aliphatic carbocycles. The lowest BCUT2D eigenvalue weighted by molar-refractivity contribution is -0.140. The van der Waals surface area contributed by atoms with Gasteiger partial charge in [0.25, 0.3) is 0 Å². The third-order valence-corrected chi connectivity index (χ3v) is 5.68. The topological polar surface area (TPSA) is 50.4 Å². The Balaban J connectivity index is 1.82. The predicted octanol–water partition coefficient (Wildman–Crippen LogP) is 2.24. The van der Waals surface area contributed by atoms with Crippen LogP contribution in [0.25, 0.3) is 0 Å². The minimum atomic E-state index is -0.0172. The van der Waals surface area contributed by atoms with Crippen molar-refractivity contribution < 1.29 is 9.53 Å². The van der Waals surface area contributed by atoms with Gasteiger partial charge in [-0.05, 0) is 24.3 Å². The highest BCUT2D eigenvalue weighted by molar-refractivity contribution is 7.99. The fourth-order valence-corrected chi connectivity index (χ4v) is 4.74. The van der Waals surface area contributed by atoms with Gasteiger partial charge in [-0.1, -0.05) is 20.8 Å². The average Bonchev–Trinajstić information content (AvgIpc) is 2.37. The Kier molecular flexibility index (Phi) is 4.66. The first-order valence-corrected chi connectivity index (χ1v) is 8.30. The van der Waals surface area contributed by atoms with E-state index in [-0.39, 0.29) is 23.6 Å². The molecule has 2 N–H and O–H groups in total. The quantitative estimate of drug-likeness (QED) is 0.836. The summed E-state index contributed by atoms with van der Waals surface area (Å²) in [6, 6.07) is 0.518. The highest BCUT2D eigenvalue weighted by atomic mass is 32.2. The first-order valence-electron chi connectivity index (χ1n) is 7.14. The molecular weight excluding hydrogens is 260 g/mol. The lowest BCUT2D eigenvalue weighted by Crippen LogP contribution is -2.69. The summed E-state index contributed by atoms with van der Waals surface area (Å²) in [6.07, 6.45) is 2.40. The minimum absolute atomic E-state index is 0.00786. The maximum Gasteiger partial charge on any atom is 0.315 e. The average molecular weight is 286 g/mol. The molecule has 110 valence electrons. The number of urea groups is 1. The number of nitrogens with one attached hydrogen (secondary N) is 2. The number of thioether (sulfide) groups is 1. The molecule has 3 atom stereocenters. The van der Waals surface area contributed by atoms with Crippen LogP contribution in [0.3, 0.4) is 0 Å². The third-order valence-electron chi connectivity index (χ3n) is 4.64. The Morgan fingerprint density at radius 1 is 1.26 bits per heavy atom. The van der Waals surface area contributed by atoms with Crippen LogP contribution in [0.2, 0.25) is 0 Å². The van der Waals surface area contributed by atoms with Gasteiger partial charge in [0.1, 0.15) is 0 Å². The van der Waals surface area contributed by atoms with Gasteiger partial charge in [-0.3, -0.25) is 0 Å². The van der Waals surface area contributed by atoms with Crippen molar-refractivity contribution in [3.63, 3.8) is 0 Å². The number of rotatable bonds is 3. The van der Waals surface area contributed by atoms with E-state index in [0.29, 0.717) is 12.0 Å². The summed E-state index contributed by atoms with van der Waals surface area (Å²) >= 11 is 1.97. The third kappa shape index (κ3) is 3.02. The van der Waals surface area contributed by atoms with E-state index < -0.39 is 0 Å². The molecule has 2 rings (SSSR count). The van der Waals surface area contributed by atoms with E-state index >= 15 is 0 Å². The molecule has 1 saturated heterocycles. The largest absolute Gasteiger partial charge is 0.380 e. The normalized spacial score (nSPS) is 34.4. The van der Waals surface area contributed by atoms with Gasteiger partial charge in [-0.2, -0.15) is 11.8 Å². The Labute approximate surface area is 120 Å². The number of hydrogen-bond donors (Lipinski definition) is 2. The summed E-state index contributed by atoms with van der Waals surface area (Å²) in [6.45, 7) is 6.45. The van der Waals surface area contributed by atoms with Crippen LogP contribution in [0, 0.1) is 11.3 Å². The van der Waals surface area contributed by atoms with E-state index in [4.69, 9.17) is 4.74 Å². The molecule has 0 unspecified atom stereocenters. The summed E-state index contributed by atoms with van der Waals surface area (Å²) in [4.78, 5) is 12.1.